The highest BCUT2D eigenvalue weighted by atomic mass is 35.5. The molecule has 0 aliphatic carbocycles. The Morgan fingerprint density at radius 3 is 2.62 bits per heavy atom. The summed E-state index contributed by atoms with van der Waals surface area (Å²) in [6.45, 7) is 0. The maximum Gasteiger partial charge on any atom is 0.164 e. The maximum atomic E-state index is 10.7. The number of halogens is 1. The lowest BCUT2D eigenvalue weighted by atomic mass is 9.99. The molecule has 0 unspecified atom stereocenters. The molecule has 0 saturated carbocycles. The van der Waals surface area contributed by atoms with Crippen molar-refractivity contribution in [3.8, 4) is 12.3 Å². The number of fused-ring (bicyclic) bond motifs is 1. The standard InChI is InChI=1S/C20H19ClN4O4/c1-3-10-8-25(19-13(10)18(22-2)23-9-24-19)20-16(28)15(27)17(29-20)14(26)11-4-6-12(21)7-5-11/h1,4-9,14-17,20,26-28H,2H3,(H,22,23,24)/t14-,15+,16-,17-,20-/m1/s1. The number of nitrogens with one attached hydrogen (secondary N) is 1. The second kappa shape index (κ2) is 7.63. The molecule has 3 heterocycles. The van der Waals surface area contributed by atoms with Gasteiger partial charge in [-0.15, -0.1) is 6.42 Å². The SMILES string of the molecule is C#Cc1cn([C@@H]2O[C@H]([C@H](O)c3ccc(Cl)cc3)[C@@H](O)[C@H]2O)c2ncnc(NC)c12. The molecule has 5 atom stereocenters. The number of aromatic nitrogens is 3. The summed E-state index contributed by atoms with van der Waals surface area (Å²) in [6, 6.07) is 6.53. The van der Waals surface area contributed by atoms with Crippen LogP contribution in [0.25, 0.3) is 11.0 Å². The van der Waals surface area contributed by atoms with Crippen molar-refractivity contribution in [2.75, 3.05) is 12.4 Å². The fourth-order valence-corrected chi connectivity index (χ4v) is 3.73. The lowest BCUT2D eigenvalue weighted by Crippen LogP contribution is -2.34. The van der Waals surface area contributed by atoms with Crippen molar-refractivity contribution in [3.05, 3.63) is 52.9 Å². The average molecular weight is 415 g/mol. The fourth-order valence-electron chi connectivity index (χ4n) is 3.60. The third kappa shape index (κ3) is 3.23. The number of aliphatic hydroxyl groups is 3. The smallest absolute Gasteiger partial charge is 0.164 e. The zero-order chi connectivity index (χ0) is 20.7. The summed E-state index contributed by atoms with van der Waals surface area (Å²) in [4.78, 5) is 8.43. The highest BCUT2D eigenvalue weighted by Gasteiger charge is 2.47. The van der Waals surface area contributed by atoms with Crippen LogP contribution in [0.4, 0.5) is 5.82 Å². The van der Waals surface area contributed by atoms with Gasteiger partial charge in [-0.1, -0.05) is 29.7 Å². The number of benzene rings is 1. The van der Waals surface area contributed by atoms with Crippen LogP contribution in [-0.4, -0.2) is 55.2 Å². The summed E-state index contributed by atoms with van der Waals surface area (Å²) >= 11 is 5.89. The number of ether oxygens (including phenoxy) is 1. The van der Waals surface area contributed by atoms with Gasteiger partial charge in [-0.3, -0.25) is 0 Å². The second-order valence-corrected chi connectivity index (χ2v) is 7.17. The molecular weight excluding hydrogens is 396 g/mol. The van der Waals surface area contributed by atoms with Crippen LogP contribution in [-0.2, 0) is 4.74 Å². The topological polar surface area (TPSA) is 113 Å². The molecule has 0 spiro atoms. The van der Waals surface area contributed by atoms with Gasteiger partial charge in [-0.2, -0.15) is 0 Å². The van der Waals surface area contributed by atoms with E-state index < -0.39 is 30.6 Å². The summed E-state index contributed by atoms with van der Waals surface area (Å²) < 4.78 is 7.44. The molecule has 2 aromatic heterocycles. The predicted molar refractivity (Wildman–Crippen MR) is 107 cm³/mol. The predicted octanol–water partition coefficient (Wildman–Crippen LogP) is 1.46. The Balaban J connectivity index is 1.72. The number of anilines is 1. The van der Waals surface area contributed by atoms with Crippen molar-refractivity contribution in [2.24, 2.45) is 0 Å². The molecule has 4 rings (SSSR count). The summed E-state index contributed by atoms with van der Waals surface area (Å²) in [5, 5.41) is 36.0. The zero-order valence-corrected chi connectivity index (χ0v) is 16.2. The number of terminal acetylenes is 1. The lowest BCUT2D eigenvalue weighted by molar-refractivity contribution is -0.0848. The van der Waals surface area contributed by atoms with E-state index in [4.69, 9.17) is 22.8 Å². The van der Waals surface area contributed by atoms with Crippen molar-refractivity contribution >= 4 is 28.5 Å². The first-order chi connectivity index (χ1) is 14.0. The summed E-state index contributed by atoms with van der Waals surface area (Å²) in [6.07, 6.45) is 2.73. The molecule has 4 N–H and O–H groups in total. The largest absolute Gasteiger partial charge is 0.387 e. The van der Waals surface area contributed by atoms with Crippen molar-refractivity contribution in [1.82, 2.24) is 14.5 Å². The van der Waals surface area contributed by atoms with E-state index in [0.29, 0.717) is 33.0 Å². The van der Waals surface area contributed by atoms with E-state index in [9.17, 15) is 15.3 Å². The Kier molecular flexibility index (Phi) is 5.17. The van der Waals surface area contributed by atoms with Crippen molar-refractivity contribution in [2.45, 2.75) is 30.6 Å². The minimum absolute atomic E-state index is 0.440. The normalized spacial score (nSPS) is 25.1. The second-order valence-electron chi connectivity index (χ2n) is 6.73. The van der Waals surface area contributed by atoms with E-state index >= 15 is 0 Å². The number of nitrogens with zero attached hydrogens (tertiary/aromatic N) is 3. The Hall–Kier alpha value is -2.67. The van der Waals surface area contributed by atoms with Gasteiger partial charge in [-0.05, 0) is 17.7 Å². The first kappa shape index (κ1) is 19.6. The van der Waals surface area contributed by atoms with Gasteiger partial charge >= 0.3 is 0 Å². The van der Waals surface area contributed by atoms with E-state index in [1.165, 1.54) is 6.33 Å². The van der Waals surface area contributed by atoms with Gasteiger partial charge in [-0.25, -0.2) is 9.97 Å². The van der Waals surface area contributed by atoms with Gasteiger partial charge in [0.15, 0.2) is 6.23 Å². The molecule has 150 valence electrons. The number of aliphatic hydroxyl groups excluding tert-OH is 3. The first-order valence-electron chi connectivity index (χ1n) is 8.91. The molecule has 1 aromatic carbocycles. The maximum absolute atomic E-state index is 10.7. The highest BCUT2D eigenvalue weighted by molar-refractivity contribution is 6.30. The fraction of sp³-hybridized carbons (Fsp3) is 0.300. The third-order valence-electron chi connectivity index (χ3n) is 5.07. The van der Waals surface area contributed by atoms with Crippen LogP contribution in [0.1, 0.15) is 23.5 Å². The molecule has 0 amide bonds. The van der Waals surface area contributed by atoms with Crippen molar-refractivity contribution < 1.29 is 20.1 Å². The molecule has 29 heavy (non-hydrogen) atoms. The van der Waals surface area contributed by atoms with Crippen LogP contribution in [0.3, 0.4) is 0 Å². The van der Waals surface area contributed by atoms with Crippen molar-refractivity contribution in [3.63, 3.8) is 0 Å². The Morgan fingerprint density at radius 1 is 1.24 bits per heavy atom. The van der Waals surface area contributed by atoms with Gasteiger partial charge < -0.3 is 29.9 Å². The van der Waals surface area contributed by atoms with Gasteiger partial charge in [0, 0.05) is 18.3 Å². The van der Waals surface area contributed by atoms with Gasteiger partial charge in [0.25, 0.3) is 0 Å². The van der Waals surface area contributed by atoms with E-state index in [2.05, 4.69) is 21.2 Å². The summed E-state index contributed by atoms with van der Waals surface area (Å²) in [5.41, 5.74) is 1.46. The number of hydrogen-bond donors (Lipinski definition) is 4. The molecule has 1 aliphatic heterocycles. The lowest BCUT2D eigenvalue weighted by Gasteiger charge is -2.21. The van der Waals surface area contributed by atoms with Crippen LogP contribution in [0.5, 0.6) is 0 Å². The quantitative estimate of drug-likeness (QED) is 0.478. The molecule has 0 radical (unpaired) electrons. The van der Waals surface area contributed by atoms with E-state index in [1.54, 1.807) is 42.1 Å². The molecule has 9 heteroatoms. The molecule has 8 nitrogen and oxygen atoms in total. The summed E-state index contributed by atoms with van der Waals surface area (Å²) in [5.74, 6) is 3.11. The Labute approximate surface area is 171 Å². The molecule has 0 bridgehead atoms. The Bertz CT molecular complexity index is 1080. The molecule has 1 saturated heterocycles. The van der Waals surface area contributed by atoms with Crippen LogP contribution >= 0.6 is 11.6 Å². The van der Waals surface area contributed by atoms with E-state index in [-0.39, 0.29) is 0 Å². The minimum atomic E-state index is -1.33. The molecular formula is C20H19ClN4O4. The highest BCUT2D eigenvalue weighted by Crippen LogP contribution is 2.38. The average Bonchev–Trinajstić information content (AvgIpc) is 3.25. The number of rotatable bonds is 4. The molecule has 3 aromatic rings. The number of hydrogen-bond acceptors (Lipinski definition) is 7. The Morgan fingerprint density at radius 2 is 1.97 bits per heavy atom. The van der Waals surface area contributed by atoms with Crippen LogP contribution < -0.4 is 5.32 Å². The molecule has 1 aliphatic rings. The van der Waals surface area contributed by atoms with Gasteiger partial charge in [0.05, 0.1) is 10.9 Å². The first-order valence-corrected chi connectivity index (χ1v) is 9.29. The van der Waals surface area contributed by atoms with E-state index in [1.807, 2.05) is 0 Å². The third-order valence-corrected chi connectivity index (χ3v) is 5.33. The van der Waals surface area contributed by atoms with Crippen LogP contribution in [0, 0.1) is 12.3 Å². The molecule has 1 fully saturated rings. The van der Waals surface area contributed by atoms with Gasteiger partial charge in [0.2, 0.25) is 0 Å². The van der Waals surface area contributed by atoms with E-state index in [0.717, 1.165) is 0 Å². The zero-order valence-electron chi connectivity index (χ0n) is 15.4. The van der Waals surface area contributed by atoms with Crippen LogP contribution in [0.15, 0.2) is 36.8 Å². The summed E-state index contributed by atoms with van der Waals surface area (Å²) in [7, 11) is 1.71. The van der Waals surface area contributed by atoms with Gasteiger partial charge in [0.1, 0.15) is 42.2 Å². The minimum Gasteiger partial charge on any atom is -0.387 e. The van der Waals surface area contributed by atoms with Crippen LogP contribution in [0.2, 0.25) is 5.02 Å². The van der Waals surface area contributed by atoms with Crippen molar-refractivity contribution in [1.29, 1.82) is 0 Å². The monoisotopic (exact) mass is 414 g/mol.